The van der Waals surface area contributed by atoms with Crippen LogP contribution in [0.2, 0.25) is 15.1 Å². The molecule has 0 N–H and O–H groups in total. The van der Waals surface area contributed by atoms with Crippen LogP contribution in [0.4, 0.5) is 0 Å². The Labute approximate surface area is 168 Å². The number of hydrogen-bond donors (Lipinski definition) is 0. The third-order valence-corrected chi connectivity index (χ3v) is 5.88. The zero-order valence-electron chi connectivity index (χ0n) is 13.8. The minimum Gasteiger partial charge on any atom is -0.462 e. The molecule has 26 heavy (non-hydrogen) atoms. The van der Waals surface area contributed by atoms with Gasteiger partial charge in [0, 0.05) is 20.6 Å². The summed E-state index contributed by atoms with van der Waals surface area (Å²) in [5, 5.41) is 1.53. The molecule has 136 valence electrons. The third kappa shape index (κ3) is 3.47. The number of benzene rings is 1. The summed E-state index contributed by atoms with van der Waals surface area (Å²) in [6.07, 6.45) is 1.41. The zero-order valence-corrected chi connectivity index (χ0v) is 16.9. The second kappa shape index (κ2) is 7.56. The van der Waals surface area contributed by atoms with Crippen molar-refractivity contribution in [3.05, 3.63) is 59.9 Å². The lowest BCUT2D eigenvalue weighted by Gasteiger charge is -2.10. The predicted octanol–water partition coefficient (Wildman–Crippen LogP) is 4.95. The van der Waals surface area contributed by atoms with E-state index in [4.69, 9.17) is 39.5 Å². The van der Waals surface area contributed by atoms with Crippen LogP contribution in [0, 0.1) is 6.92 Å². The van der Waals surface area contributed by atoms with Gasteiger partial charge in [-0.15, -0.1) is 11.3 Å². The number of nitrogens with zero attached hydrogens (tertiary/aromatic N) is 2. The van der Waals surface area contributed by atoms with E-state index >= 15 is 0 Å². The lowest BCUT2D eigenvalue weighted by molar-refractivity contribution is 0.0531. The van der Waals surface area contributed by atoms with Crippen LogP contribution in [0.15, 0.2) is 23.3 Å². The molecule has 0 unspecified atom stereocenters. The molecule has 5 nitrogen and oxygen atoms in total. The molecule has 0 aliphatic rings. The summed E-state index contributed by atoms with van der Waals surface area (Å²) in [6, 6.07) is 3.13. The van der Waals surface area contributed by atoms with E-state index in [0.29, 0.717) is 41.3 Å². The highest BCUT2D eigenvalue weighted by atomic mass is 35.5. The molecule has 3 rings (SSSR count). The molecular weight excluding hydrogens is 419 g/mol. The molecule has 0 aliphatic carbocycles. The smallest absolute Gasteiger partial charge is 0.348 e. The van der Waals surface area contributed by atoms with Crippen LogP contribution in [-0.2, 0) is 11.3 Å². The van der Waals surface area contributed by atoms with Crippen LogP contribution in [0.1, 0.15) is 27.7 Å². The van der Waals surface area contributed by atoms with Gasteiger partial charge >= 0.3 is 5.97 Å². The third-order valence-electron chi connectivity index (χ3n) is 3.81. The molecule has 9 heteroatoms. The van der Waals surface area contributed by atoms with Gasteiger partial charge in [0.15, 0.2) is 0 Å². The Balaban J connectivity index is 2.09. The monoisotopic (exact) mass is 430 g/mol. The number of rotatable bonds is 4. The first-order valence-corrected chi connectivity index (χ1v) is 9.57. The summed E-state index contributed by atoms with van der Waals surface area (Å²) < 4.78 is 6.43. The maximum absolute atomic E-state index is 12.9. The Bertz CT molecular complexity index is 1050. The van der Waals surface area contributed by atoms with Crippen LogP contribution >= 0.6 is 46.1 Å². The predicted molar refractivity (Wildman–Crippen MR) is 105 cm³/mol. The van der Waals surface area contributed by atoms with Crippen LogP contribution in [0.25, 0.3) is 10.2 Å². The topological polar surface area (TPSA) is 61.2 Å². The minimum atomic E-state index is -0.456. The molecule has 0 aliphatic heterocycles. The number of esters is 1. The molecule has 0 saturated heterocycles. The number of halogens is 3. The molecule has 0 fully saturated rings. The van der Waals surface area contributed by atoms with E-state index in [1.807, 2.05) is 0 Å². The van der Waals surface area contributed by atoms with Crippen molar-refractivity contribution >= 4 is 62.3 Å². The molecule has 0 saturated carbocycles. The Kier molecular flexibility index (Phi) is 5.58. The average Bonchev–Trinajstić information content (AvgIpc) is 2.90. The summed E-state index contributed by atoms with van der Waals surface area (Å²) in [5.41, 5.74) is 0.851. The summed E-state index contributed by atoms with van der Waals surface area (Å²) in [6.45, 7) is 3.84. The largest absolute Gasteiger partial charge is 0.462 e. The maximum Gasteiger partial charge on any atom is 0.348 e. The molecule has 0 atom stereocenters. The lowest BCUT2D eigenvalue weighted by atomic mass is 10.2. The molecular formula is C17H13Cl3N2O3S. The van der Waals surface area contributed by atoms with Crippen molar-refractivity contribution in [3.8, 4) is 0 Å². The summed E-state index contributed by atoms with van der Waals surface area (Å²) in [5.74, 6) is -0.456. The number of carbonyl (C=O) groups excluding carboxylic acids is 1. The van der Waals surface area contributed by atoms with Gasteiger partial charge in [0.2, 0.25) is 0 Å². The van der Waals surface area contributed by atoms with Crippen molar-refractivity contribution in [2.45, 2.75) is 20.4 Å². The molecule has 3 aromatic rings. The highest BCUT2D eigenvalue weighted by Gasteiger charge is 2.20. The molecule has 2 heterocycles. The summed E-state index contributed by atoms with van der Waals surface area (Å²) >= 11 is 19.5. The molecule has 1 aromatic carbocycles. The zero-order chi connectivity index (χ0) is 19.0. The molecule has 0 spiro atoms. The fraction of sp³-hybridized carbons (Fsp3) is 0.235. The number of fused-ring (bicyclic) bond motifs is 1. The Morgan fingerprint density at radius 3 is 2.54 bits per heavy atom. The van der Waals surface area contributed by atoms with Gasteiger partial charge < -0.3 is 4.74 Å². The van der Waals surface area contributed by atoms with Crippen LogP contribution in [0.3, 0.4) is 0 Å². The number of ether oxygens (including phenoxy) is 1. The normalized spacial score (nSPS) is 11.1. The average molecular weight is 432 g/mol. The Hall–Kier alpha value is -1.60. The Morgan fingerprint density at radius 1 is 1.27 bits per heavy atom. The standard InChI is InChI=1S/C17H13Cl3N2O3S/c1-3-25-17(24)14-8(2)13-15(26-14)21-7-22(16(13)23)6-10-11(19)4-9(18)5-12(10)20/h4-5,7H,3,6H2,1-2H3. The van der Waals surface area contributed by atoms with Crippen LogP contribution in [0.5, 0.6) is 0 Å². The first-order valence-electron chi connectivity index (χ1n) is 7.62. The second-order valence-corrected chi connectivity index (χ2v) is 7.73. The summed E-state index contributed by atoms with van der Waals surface area (Å²) in [4.78, 5) is 30.1. The fourth-order valence-corrected chi connectivity index (χ4v) is 4.53. The molecule has 0 radical (unpaired) electrons. The van der Waals surface area contributed by atoms with Gasteiger partial charge in [-0.05, 0) is 31.5 Å². The van der Waals surface area contributed by atoms with Crippen molar-refractivity contribution in [2.24, 2.45) is 0 Å². The van der Waals surface area contributed by atoms with Gasteiger partial charge in [-0.3, -0.25) is 9.36 Å². The number of aryl methyl sites for hydroxylation is 1. The van der Waals surface area contributed by atoms with Gasteiger partial charge in [0.1, 0.15) is 9.71 Å². The van der Waals surface area contributed by atoms with Gasteiger partial charge in [-0.2, -0.15) is 0 Å². The van der Waals surface area contributed by atoms with Crippen molar-refractivity contribution in [1.29, 1.82) is 0 Å². The number of aromatic nitrogens is 2. The van der Waals surface area contributed by atoms with E-state index in [0.717, 1.165) is 11.3 Å². The Morgan fingerprint density at radius 2 is 1.92 bits per heavy atom. The van der Waals surface area contributed by atoms with Crippen molar-refractivity contribution in [2.75, 3.05) is 6.61 Å². The van der Waals surface area contributed by atoms with Crippen LogP contribution < -0.4 is 5.56 Å². The van der Waals surface area contributed by atoms with Gasteiger partial charge in [0.05, 0.1) is 24.9 Å². The number of thiophene rings is 1. The van der Waals surface area contributed by atoms with E-state index in [2.05, 4.69) is 4.98 Å². The highest BCUT2D eigenvalue weighted by Crippen LogP contribution is 2.30. The van der Waals surface area contributed by atoms with Gasteiger partial charge in [-0.25, -0.2) is 9.78 Å². The summed E-state index contributed by atoms with van der Waals surface area (Å²) in [7, 11) is 0. The first-order chi connectivity index (χ1) is 12.3. The van der Waals surface area contributed by atoms with Gasteiger partial charge in [0.25, 0.3) is 5.56 Å². The second-order valence-electron chi connectivity index (χ2n) is 5.48. The minimum absolute atomic E-state index is 0.140. The van der Waals surface area contributed by atoms with E-state index in [-0.39, 0.29) is 18.7 Å². The first kappa shape index (κ1) is 19.2. The molecule has 0 amide bonds. The molecule has 2 aromatic heterocycles. The molecule has 0 bridgehead atoms. The lowest BCUT2D eigenvalue weighted by Crippen LogP contribution is -2.21. The van der Waals surface area contributed by atoms with Crippen molar-refractivity contribution < 1.29 is 9.53 Å². The van der Waals surface area contributed by atoms with E-state index in [1.54, 1.807) is 26.0 Å². The van der Waals surface area contributed by atoms with E-state index in [9.17, 15) is 9.59 Å². The van der Waals surface area contributed by atoms with Crippen molar-refractivity contribution in [3.63, 3.8) is 0 Å². The van der Waals surface area contributed by atoms with Crippen LogP contribution in [-0.4, -0.2) is 22.1 Å². The maximum atomic E-state index is 12.9. The van der Waals surface area contributed by atoms with Gasteiger partial charge in [-0.1, -0.05) is 34.8 Å². The van der Waals surface area contributed by atoms with E-state index < -0.39 is 5.97 Å². The number of hydrogen-bond acceptors (Lipinski definition) is 5. The fourth-order valence-electron chi connectivity index (χ4n) is 2.56. The highest BCUT2D eigenvalue weighted by molar-refractivity contribution is 7.20. The van der Waals surface area contributed by atoms with Crippen molar-refractivity contribution in [1.82, 2.24) is 9.55 Å². The SMILES string of the molecule is CCOC(=O)c1sc2ncn(Cc3c(Cl)cc(Cl)cc3Cl)c(=O)c2c1C. The quantitative estimate of drug-likeness (QED) is 0.548. The number of carbonyl (C=O) groups is 1. The van der Waals surface area contributed by atoms with E-state index in [1.165, 1.54) is 10.9 Å².